The summed E-state index contributed by atoms with van der Waals surface area (Å²) in [5, 5.41) is 2.63. The number of carbonyl (C=O) groups is 1. The fraction of sp³-hybridized carbons (Fsp3) is 0.273. The molecule has 242 valence electrons. The van der Waals surface area contributed by atoms with E-state index in [4.69, 9.17) is 5.73 Å². The second kappa shape index (κ2) is 14.5. The van der Waals surface area contributed by atoms with Gasteiger partial charge in [-0.2, -0.15) is 17.4 Å². The van der Waals surface area contributed by atoms with Crippen molar-refractivity contribution in [3.8, 4) is 0 Å². The Bertz CT molecular complexity index is 1790. The van der Waals surface area contributed by atoms with E-state index in [2.05, 4.69) is 15.0 Å². The number of halogens is 4. The van der Waals surface area contributed by atoms with E-state index in [1.165, 1.54) is 34.8 Å². The monoisotopic (exact) mass is 655 g/mol. The minimum atomic E-state index is -3.91. The van der Waals surface area contributed by atoms with Crippen LogP contribution in [0.3, 0.4) is 0 Å². The van der Waals surface area contributed by atoms with E-state index in [0.29, 0.717) is 24.6 Å². The molecule has 8 nitrogen and oxygen atoms in total. The Morgan fingerprint density at radius 3 is 2.30 bits per heavy atom. The topological polar surface area (TPSA) is 117 Å². The van der Waals surface area contributed by atoms with Crippen LogP contribution in [-0.4, -0.2) is 42.7 Å². The van der Waals surface area contributed by atoms with E-state index in [1.807, 2.05) is 24.3 Å². The summed E-state index contributed by atoms with van der Waals surface area (Å²) in [6, 6.07) is 15.0. The summed E-state index contributed by atoms with van der Waals surface area (Å²) in [7, 11) is -3.91. The number of rotatable bonds is 12. The molecule has 46 heavy (non-hydrogen) atoms. The predicted octanol–water partition coefficient (Wildman–Crippen LogP) is 4.95. The Morgan fingerprint density at radius 1 is 0.913 bits per heavy atom. The Labute approximate surface area is 264 Å². The largest absolute Gasteiger partial charge is 0.329 e. The number of hydrogen-bond donors (Lipinski definition) is 3. The summed E-state index contributed by atoms with van der Waals surface area (Å²) in [4.78, 5) is 17.1. The predicted molar refractivity (Wildman–Crippen MR) is 166 cm³/mol. The molecular formula is C33H33F4N5O3S. The lowest BCUT2D eigenvalue weighted by atomic mass is 9.88. The molecule has 1 aliphatic rings. The normalized spacial score (nSPS) is 14.8. The number of benzene rings is 3. The van der Waals surface area contributed by atoms with Crippen LogP contribution in [0.1, 0.15) is 46.6 Å². The highest BCUT2D eigenvalue weighted by Crippen LogP contribution is 2.31. The van der Waals surface area contributed by atoms with Gasteiger partial charge in [0.25, 0.3) is 10.2 Å². The lowest BCUT2D eigenvalue weighted by Crippen LogP contribution is -2.49. The van der Waals surface area contributed by atoms with E-state index in [1.54, 1.807) is 0 Å². The minimum absolute atomic E-state index is 0.00762. The van der Waals surface area contributed by atoms with Gasteiger partial charge in [-0.25, -0.2) is 17.6 Å². The molecular weight excluding hydrogens is 622 g/mol. The molecule has 1 aliphatic heterocycles. The summed E-state index contributed by atoms with van der Waals surface area (Å²) in [6.45, 7) is 0.473. The maximum atomic E-state index is 15.0. The fourth-order valence-electron chi connectivity index (χ4n) is 5.61. The van der Waals surface area contributed by atoms with Crippen molar-refractivity contribution >= 4 is 21.8 Å². The lowest BCUT2D eigenvalue weighted by molar-refractivity contribution is -0.116. The Morgan fingerprint density at radius 2 is 1.61 bits per heavy atom. The number of amides is 1. The van der Waals surface area contributed by atoms with Gasteiger partial charge in [0.2, 0.25) is 5.91 Å². The van der Waals surface area contributed by atoms with Crippen molar-refractivity contribution in [2.75, 3.05) is 18.4 Å². The van der Waals surface area contributed by atoms with Crippen LogP contribution < -0.4 is 15.8 Å². The molecule has 1 aromatic heterocycles. The quantitative estimate of drug-likeness (QED) is 0.187. The average molecular weight is 656 g/mol. The number of nitrogens with one attached hydrogen (secondary N) is 2. The number of nitrogens with zero attached hydrogens (tertiary/aromatic N) is 2. The molecule has 0 bridgehead atoms. The van der Waals surface area contributed by atoms with Gasteiger partial charge in [-0.15, -0.1) is 0 Å². The fourth-order valence-corrected chi connectivity index (χ4v) is 7.04. The molecule has 0 fully saturated rings. The Balaban J connectivity index is 1.28. The van der Waals surface area contributed by atoms with Gasteiger partial charge in [0.05, 0.1) is 18.1 Å². The molecule has 2 atom stereocenters. The highest BCUT2D eigenvalue weighted by atomic mass is 32.2. The van der Waals surface area contributed by atoms with Crippen LogP contribution >= 0.6 is 0 Å². The van der Waals surface area contributed by atoms with Crippen LogP contribution in [0, 0.1) is 23.3 Å². The maximum Gasteiger partial charge on any atom is 0.280 e. The molecule has 0 spiro atoms. The first-order valence-corrected chi connectivity index (χ1v) is 16.1. The van der Waals surface area contributed by atoms with Crippen molar-refractivity contribution in [1.82, 2.24) is 14.0 Å². The molecule has 0 aliphatic carbocycles. The lowest BCUT2D eigenvalue weighted by Gasteiger charge is -2.30. The molecule has 2 heterocycles. The first kappa shape index (κ1) is 33.2. The first-order chi connectivity index (χ1) is 22.0. The second-order valence-corrected chi connectivity index (χ2v) is 12.9. The van der Waals surface area contributed by atoms with Crippen LogP contribution in [0.2, 0.25) is 0 Å². The van der Waals surface area contributed by atoms with E-state index < -0.39 is 51.3 Å². The van der Waals surface area contributed by atoms with Gasteiger partial charge in [-0.1, -0.05) is 36.4 Å². The molecule has 4 N–H and O–H groups in total. The van der Waals surface area contributed by atoms with Gasteiger partial charge >= 0.3 is 0 Å². The highest BCUT2D eigenvalue weighted by molar-refractivity contribution is 7.87. The second-order valence-electron chi connectivity index (χ2n) is 11.2. The van der Waals surface area contributed by atoms with Gasteiger partial charge in [0.1, 0.15) is 23.3 Å². The summed E-state index contributed by atoms with van der Waals surface area (Å²) in [5.74, 6) is -4.38. The molecule has 5 rings (SSSR count). The summed E-state index contributed by atoms with van der Waals surface area (Å²) < 4.78 is 87.2. The number of hydrogen-bond acceptors (Lipinski definition) is 5. The molecule has 4 aromatic rings. The molecule has 0 saturated heterocycles. The number of pyridine rings is 1. The third kappa shape index (κ3) is 8.15. The number of carbonyl (C=O) groups excluding carboxylic acids is 1. The third-order valence-corrected chi connectivity index (χ3v) is 9.63. The van der Waals surface area contributed by atoms with Crippen molar-refractivity contribution in [3.63, 3.8) is 0 Å². The Hall–Kier alpha value is -4.17. The van der Waals surface area contributed by atoms with Crippen LogP contribution in [0.15, 0.2) is 79.1 Å². The number of aromatic nitrogens is 1. The third-order valence-electron chi connectivity index (χ3n) is 8.01. The van der Waals surface area contributed by atoms with E-state index in [9.17, 15) is 26.4 Å². The maximum absolute atomic E-state index is 15.0. The van der Waals surface area contributed by atoms with Gasteiger partial charge in [0, 0.05) is 49.6 Å². The van der Waals surface area contributed by atoms with Gasteiger partial charge in [0.15, 0.2) is 0 Å². The molecule has 1 amide bonds. The van der Waals surface area contributed by atoms with Gasteiger partial charge in [-0.05, 0) is 65.8 Å². The SMILES string of the molecule is NC[C@H](CCc1c(F)cncc1NC(=O)C[C@@H](c1ccc(F)cc1)c1cc(F)cc(F)c1)NS(=O)(=O)N1CCc2ccccc2C1. The highest BCUT2D eigenvalue weighted by Gasteiger charge is 2.29. The number of nitrogens with two attached hydrogens (primary N) is 1. The molecule has 13 heteroatoms. The standard InChI is InChI=1S/C33H33F4N5O3S/c34-25-7-5-22(6-8-25)30(24-13-26(35)15-27(36)14-24)16-33(43)40-32-19-39-18-31(37)29(32)10-9-28(17-38)41-46(44,45)42-12-11-21-3-1-2-4-23(21)20-42/h1-8,13-15,18-19,28,30,41H,9-12,16-17,20,38H2,(H,40,43)/t28-,30-/m0/s1. The van der Waals surface area contributed by atoms with Crippen LogP contribution in [-0.2, 0) is 34.4 Å². The van der Waals surface area contributed by atoms with Crippen molar-refractivity contribution in [3.05, 3.63) is 130 Å². The van der Waals surface area contributed by atoms with Crippen molar-refractivity contribution < 1.29 is 30.8 Å². The van der Waals surface area contributed by atoms with Gasteiger partial charge < -0.3 is 11.1 Å². The smallest absolute Gasteiger partial charge is 0.280 e. The van der Waals surface area contributed by atoms with Crippen molar-refractivity contribution in [2.24, 2.45) is 5.73 Å². The van der Waals surface area contributed by atoms with Crippen molar-refractivity contribution in [1.29, 1.82) is 0 Å². The van der Waals surface area contributed by atoms with Crippen LogP contribution in [0.25, 0.3) is 0 Å². The van der Waals surface area contributed by atoms with E-state index >= 15 is 4.39 Å². The molecule has 0 unspecified atom stereocenters. The zero-order chi connectivity index (χ0) is 32.8. The molecule has 0 radical (unpaired) electrons. The van der Waals surface area contributed by atoms with Crippen LogP contribution in [0.5, 0.6) is 0 Å². The average Bonchev–Trinajstić information content (AvgIpc) is 3.02. The summed E-state index contributed by atoms with van der Waals surface area (Å²) in [5.41, 5.74) is 8.66. The van der Waals surface area contributed by atoms with Crippen molar-refractivity contribution in [2.45, 2.75) is 44.2 Å². The zero-order valence-electron chi connectivity index (χ0n) is 24.7. The molecule has 3 aromatic carbocycles. The number of anilines is 1. The van der Waals surface area contributed by atoms with E-state index in [0.717, 1.165) is 29.5 Å². The Kier molecular flexibility index (Phi) is 10.5. The first-order valence-electron chi connectivity index (χ1n) is 14.7. The number of fused-ring (bicyclic) bond motifs is 1. The minimum Gasteiger partial charge on any atom is -0.329 e. The van der Waals surface area contributed by atoms with Gasteiger partial charge in [-0.3, -0.25) is 9.78 Å². The van der Waals surface area contributed by atoms with Crippen LogP contribution in [0.4, 0.5) is 23.2 Å². The summed E-state index contributed by atoms with van der Waals surface area (Å²) >= 11 is 0. The molecule has 0 saturated carbocycles. The van der Waals surface area contributed by atoms with E-state index in [-0.39, 0.29) is 49.2 Å². The zero-order valence-corrected chi connectivity index (χ0v) is 25.5. The summed E-state index contributed by atoms with van der Waals surface area (Å²) in [6.07, 6.45) is 2.63.